The Morgan fingerprint density at radius 2 is 1.94 bits per heavy atom. The summed E-state index contributed by atoms with van der Waals surface area (Å²) in [5.74, 6) is -2.28. The molecule has 1 aromatic rings. The van der Waals surface area contributed by atoms with Crippen LogP contribution in [-0.2, 0) is 16.0 Å². The standard InChI is InChI=1S/C13H17NO3/c1-9-4-5-11(10(2)8-9)6-7-14(3)12(15)13(16)17/h4-5,8H,6-7H2,1-3H3,(H,16,17). The van der Waals surface area contributed by atoms with Crippen molar-refractivity contribution in [1.82, 2.24) is 4.90 Å². The third kappa shape index (κ3) is 3.59. The first-order valence-electron chi connectivity index (χ1n) is 5.46. The Bertz CT molecular complexity index is 440. The van der Waals surface area contributed by atoms with Gasteiger partial charge in [-0.15, -0.1) is 0 Å². The van der Waals surface area contributed by atoms with Gasteiger partial charge in [-0.1, -0.05) is 23.8 Å². The van der Waals surface area contributed by atoms with Crippen LogP contribution in [0, 0.1) is 13.8 Å². The SMILES string of the molecule is Cc1ccc(CCN(C)C(=O)C(=O)O)c(C)c1. The number of carbonyl (C=O) groups excluding carboxylic acids is 1. The third-order valence-corrected chi connectivity index (χ3v) is 2.74. The van der Waals surface area contributed by atoms with Crippen LogP contribution in [0.1, 0.15) is 16.7 Å². The van der Waals surface area contributed by atoms with Crippen molar-refractivity contribution in [2.75, 3.05) is 13.6 Å². The maximum absolute atomic E-state index is 11.1. The van der Waals surface area contributed by atoms with E-state index in [9.17, 15) is 9.59 Å². The summed E-state index contributed by atoms with van der Waals surface area (Å²) in [6.07, 6.45) is 0.668. The maximum Gasteiger partial charge on any atom is 0.394 e. The number of rotatable bonds is 3. The Balaban J connectivity index is 2.62. The molecule has 0 unspecified atom stereocenters. The maximum atomic E-state index is 11.1. The molecule has 0 fully saturated rings. The van der Waals surface area contributed by atoms with Crippen molar-refractivity contribution in [3.8, 4) is 0 Å². The van der Waals surface area contributed by atoms with Crippen molar-refractivity contribution in [1.29, 1.82) is 0 Å². The molecule has 1 aromatic carbocycles. The van der Waals surface area contributed by atoms with Gasteiger partial charge in [0, 0.05) is 13.6 Å². The Morgan fingerprint density at radius 1 is 1.29 bits per heavy atom. The zero-order chi connectivity index (χ0) is 13.0. The van der Waals surface area contributed by atoms with Gasteiger partial charge in [0.1, 0.15) is 0 Å². The van der Waals surface area contributed by atoms with Crippen molar-refractivity contribution in [3.05, 3.63) is 34.9 Å². The molecule has 0 aliphatic carbocycles. The molecule has 0 radical (unpaired) electrons. The first-order chi connectivity index (χ1) is 7.91. The van der Waals surface area contributed by atoms with E-state index in [2.05, 4.69) is 6.07 Å². The summed E-state index contributed by atoms with van der Waals surface area (Å²) in [5.41, 5.74) is 3.50. The molecule has 0 spiro atoms. The second-order valence-electron chi connectivity index (χ2n) is 4.21. The summed E-state index contributed by atoms with van der Waals surface area (Å²) in [5, 5.41) is 8.55. The van der Waals surface area contributed by atoms with Gasteiger partial charge in [0.05, 0.1) is 0 Å². The summed E-state index contributed by atoms with van der Waals surface area (Å²) in [7, 11) is 1.50. The number of carbonyl (C=O) groups is 2. The number of benzene rings is 1. The molecule has 1 rings (SSSR count). The molecular weight excluding hydrogens is 218 g/mol. The van der Waals surface area contributed by atoms with Crippen LogP contribution in [0.5, 0.6) is 0 Å². The molecule has 1 amide bonds. The molecular formula is C13H17NO3. The summed E-state index contributed by atoms with van der Waals surface area (Å²) in [6.45, 7) is 4.45. The van der Waals surface area contributed by atoms with Gasteiger partial charge in [-0.2, -0.15) is 0 Å². The first-order valence-corrected chi connectivity index (χ1v) is 5.46. The molecule has 4 nitrogen and oxygen atoms in total. The molecule has 1 N–H and O–H groups in total. The highest BCUT2D eigenvalue weighted by atomic mass is 16.4. The average Bonchev–Trinajstić information content (AvgIpc) is 2.26. The summed E-state index contributed by atoms with van der Waals surface area (Å²) < 4.78 is 0. The van der Waals surface area contributed by atoms with Gasteiger partial charge < -0.3 is 10.0 Å². The van der Waals surface area contributed by atoms with Crippen LogP contribution < -0.4 is 0 Å². The average molecular weight is 235 g/mol. The topological polar surface area (TPSA) is 57.6 Å². The predicted molar refractivity (Wildman–Crippen MR) is 64.9 cm³/mol. The van der Waals surface area contributed by atoms with Crippen LogP contribution in [0.2, 0.25) is 0 Å². The highest BCUT2D eigenvalue weighted by Gasteiger charge is 2.16. The highest BCUT2D eigenvalue weighted by Crippen LogP contribution is 2.11. The lowest BCUT2D eigenvalue weighted by atomic mass is 10.0. The number of hydrogen-bond acceptors (Lipinski definition) is 2. The van der Waals surface area contributed by atoms with Crippen LogP contribution >= 0.6 is 0 Å². The minimum Gasteiger partial charge on any atom is -0.474 e. The smallest absolute Gasteiger partial charge is 0.394 e. The van der Waals surface area contributed by atoms with Gasteiger partial charge in [-0.3, -0.25) is 4.79 Å². The largest absolute Gasteiger partial charge is 0.474 e. The van der Waals surface area contributed by atoms with Gasteiger partial charge in [-0.25, -0.2) is 4.79 Å². The number of carboxylic acids is 1. The van der Waals surface area contributed by atoms with Gasteiger partial charge in [-0.05, 0) is 31.4 Å². The number of amides is 1. The lowest BCUT2D eigenvalue weighted by Crippen LogP contribution is -2.34. The van der Waals surface area contributed by atoms with E-state index in [-0.39, 0.29) is 0 Å². The van der Waals surface area contributed by atoms with Crippen LogP contribution in [0.3, 0.4) is 0 Å². The number of aliphatic carboxylic acids is 1. The monoisotopic (exact) mass is 235 g/mol. The van der Waals surface area contributed by atoms with Crippen molar-refractivity contribution in [2.45, 2.75) is 20.3 Å². The molecule has 17 heavy (non-hydrogen) atoms. The van der Waals surface area contributed by atoms with Crippen LogP contribution in [0.25, 0.3) is 0 Å². The van der Waals surface area contributed by atoms with E-state index in [1.165, 1.54) is 23.1 Å². The molecule has 0 saturated heterocycles. The summed E-state index contributed by atoms with van der Waals surface area (Å²) in [4.78, 5) is 22.8. The minimum absolute atomic E-state index is 0.412. The van der Waals surface area contributed by atoms with Crippen molar-refractivity contribution in [3.63, 3.8) is 0 Å². The Morgan fingerprint density at radius 3 is 2.47 bits per heavy atom. The van der Waals surface area contributed by atoms with Crippen LogP contribution in [0.15, 0.2) is 18.2 Å². The second-order valence-corrected chi connectivity index (χ2v) is 4.21. The van der Waals surface area contributed by atoms with Crippen molar-refractivity contribution < 1.29 is 14.7 Å². The summed E-state index contributed by atoms with van der Waals surface area (Å²) >= 11 is 0. The fourth-order valence-electron chi connectivity index (χ4n) is 1.68. The van der Waals surface area contributed by atoms with Gasteiger partial charge in [0.25, 0.3) is 0 Å². The summed E-state index contributed by atoms with van der Waals surface area (Å²) in [6, 6.07) is 6.11. The molecule has 0 saturated carbocycles. The number of likely N-dealkylation sites (N-methyl/N-ethyl adjacent to an activating group) is 1. The lowest BCUT2D eigenvalue weighted by molar-refractivity contribution is -0.155. The molecule has 0 heterocycles. The molecule has 4 heteroatoms. The van der Waals surface area contributed by atoms with E-state index in [4.69, 9.17) is 5.11 Å². The van der Waals surface area contributed by atoms with Crippen molar-refractivity contribution >= 4 is 11.9 Å². The molecule has 0 aromatic heterocycles. The number of nitrogens with zero attached hydrogens (tertiary/aromatic N) is 1. The highest BCUT2D eigenvalue weighted by molar-refractivity contribution is 6.31. The zero-order valence-corrected chi connectivity index (χ0v) is 10.4. The predicted octanol–water partition coefficient (Wildman–Crippen LogP) is 1.39. The molecule has 0 aliphatic rings. The van der Waals surface area contributed by atoms with E-state index in [0.717, 1.165) is 5.56 Å². The van der Waals surface area contributed by atoms with Crippen molar-refractivity contribution in [2.24, 2.45) is 0 Å². The molecule has 0 aliphatic heterocycles. The second kappa shape index (κ2) is 5.48. The fraction of sp³-hybridized carbons (Fsp3) is 0.385. The van der Waals surface area contributed by atoms with Gasteiger partial charge >= 0.3 is 11.9 Å². The van der Waals surface area contributed by atoms with E-state index in [1.807, 2.05) is 26.0 Å². The van der Waals surface area contributed by atoms with Gasteiger partial charge in [0.2, 0.25) is 0 Å². The molecule has 0 bridgehead atoms. The number of carboxylic acid groups (broad SMARTS) is 1. The molecule has 92 valence electrons. The normalized spacial score (nSPS) is 10.1. The van der Waals surface area contributed by atoms with E-state index >= 15 is 0 Å². The number of aryl methyl sites for hydroxylation is 2. The van der Waals surface area contributed by atoms with E-state index in [0.29, 0.717) is 13.0 Å². The van der Waals surface area contributed by atoms with E-state index < -0.39 is 11.9 Å². The van der Waals surface area contributed by atoms with Crippen LogP contribution in [-0.4, -0.2) is 35.5 Å². The number of hydrogen-bond donors (Lipinski definition) is 1. The Kier molecular flexibility index (Phi) is 4.26. The Hall–Kier alpha value is -1.84. The van der Waals surface area contributed by atoms with Crippen LogP contribution in [0.4, 0.5) is 0 Å². The first kappa shape index (κ1) is 13.2. The fourth-order valence-corrected chi connectivity index (χ4v) is 1.68. The molecule has 0 atom stereocenters. The Labute approximate surface area is 101 Å². The third-order valence-electron chi connectivity index (χ3n) is 2.74. The van der Waals surface area contributed by atoms with E-state index in [1.54, 1.807) is 0 Å². The lowest BCUT2D eigenvalue weighted by Gasteiger charge is -2.15. The zero-order valence-electron chi connectivity index (χ0n) is 10.4. The van der Waals surface area contributed by atoms with Gasteiger partial charge in [0.15, 0.2) is 0 Å². The quantitative estimate of drug-likeness (QED) is 0.805. The minimum atomic E-state index is -1.41.